The van der Waals surface area contributed by atoms with Crippen molar-refractivity contribution >= 4 is 0 Å². The first-order valence-corrected chi connectivity index (χ1v) is 7.46. The summed E-state index contributed by atoms with van der Waals surface area (Å²) in [5, 5.41) is 3.81. The molecule has 0 bridgehead atoms. The summed E-state index contributed by atoms with van der Waals surface area (Å²) >= 11 is 0. The summed E-state index contributed by atoms with van der Waals surface area (Å²) in [5.74, 6) is 0.937. The fourth-order valence-electron chi connectivity index (χ4n) is 3.07. The number of nitrogens with one attached hydrogen (secondary N) is 1. The van der Waals surface area contributed by atoms with E-state index in [1.165, 1.54) is 45.3 Å². The van der Waals surface area contributed by atoms with Gasteiger partial charge in [-0.15, -0.1) is 0 Å². The van der Waals surface area contributed by atoms with E-state index < -0.39 is 0 Å². The van der Waals surface area contributed by atoms with Crippen LogP contribution < -0.4 is 5.32 Å². The van der Waals surface area contributed by atoms with Crippen molar-refractivity contribution in [3.8, 4) is 0 Å². The van der Waals surface area contributed by atoms with Crippen LogP contribution in [-0.4, -0.2) is 36.6 Å². The van der Waals surface area contributed by atoms with Crippen LogP contribution in [0.5, 0.6) is 0 Å². The van der Waals surface area contributed by atoms with E-state index in [0.717, 1.165) is 18.0 Å². The molecule has 1 aliphatic heterocycles. The quantitative estimate of drug-likeness (QED) is 0.810. The van der Waals surface area contributed by atoms with Gasteiger partial charge in [-0.05, 0) is 70.5 Å². The van der Waals surface area contributed by atoms with Crippen LogP contribution in [-0.2, 0) is 0 Å². The minimum absolute atomic E-state index is 0.627. The molecule has 2 atom stereocenters. The first-order valence-electron chi connectivity index (χ1n) is 7.46. The summed E-state index contributed by atoms with van der Waals surface area (Å²) < 4.78 is 0. The molecule has 2 nitrogen and oxygen atoms in total. The number of nitrogens with zero attached hydrogens (tertiary/aromatic N) is 1. The van der Waals surface area contributed by atoms with E-state index in [1.54, 1.807) is 0 Å². The van der Waals surface area contributed by atoms with Crippen molar-refractivity contribution in [3.05, 3.63) is 0 Å². The van der Waals surface area contributed by atoms with Crippen molar-refractivity contribution < 1.29 is 0 Å². The van der Waals surface area contributed by atoms with E-state index in [9.17, 15) is 0 Å². The molecule has 2 unspecified atom stereocenters. The average Bonchev–Trinajstić information content (AvgIpc) is 2.92. The van der Waals surface area contributed by atoms with Crippen LogP contribution >= 0.6 is 0 Å². The third kappa shape index (κ3) is 3.69. The molecule has 1 saturated carbocycles. The average molecular weight is 238 g/mol. The van der Waals surface area contributed by atoms with Crippen LogP contribution in [0, 0.1) is 11.3 Å². The predicted molar refractivity (Wildman–Crippen MR) is 74.2 cm³/mol. The monoisotopic (exact) mass is 238 g/mol. The summed E-state index contributed by atoms with van der Waals surface area (Å²) in [5.41, 5.74) is 0.627. The Morgan fingerprint density at radius 2 is 1.94 bits per heavy atom. The molecule has 1 heterocycles. The molecule has 2 rings (SSSR count). The Labute approximate surface area is 107 Å². The van der Waals surface area contributed by atoms with Gasteiger partial charge in [0.15, 0.2) is 0 Å². The van der Waals surface area contributed by atoms with Crippen molar-refractivity contribution in [3.63, 3.8) is 0 Å². The first kappa shape index (κ1) is 13.4. The molecular formula is C15H30N2. The number of likely N-dealkylation sites (tertiary alicyclic amines) is 1. The third-order valence-electron chi connectivity index (χ3n) is 4.86. The summed E-state index contributed by atoms with van der Waals surface area (Å²) in [6, 6.07) is 1.49. The van der Waals surface area contributed by atoms with Crippen LogP contribution in [0.4, 0.5) is 0 Å². The van der Waals surface area contributed by atoms with E-state index >= 15 is 0 Å². The summed E-state index contributed by atoms with van der Waals surface area (Å²) in [4.78, 5) is 2.63. The molecule has 0 radical (unpaired) electrons. The van der Waals surface area contributed by atoms with Gasteiger partial charge < -0.3 is 10.2 Å². The maximum absolute atomic E-state index is 3.81. The normalized spacial score (nSPS) is 33.7. The second kappa shape index (κ2) is 5.27. The molecule has 100 valence electrons. The van der Waals surface area contributed by atoms with Crippen LogP contribution in [0.25, 0.3) is 0 Å². The number of rotatable bonds is 4. The lowest BCUT2D eigenvalue weighted by atomic mass is 10.1. The van der Waals surface area contributed by atoms with E-state index in [1.807, 2.05) is 0 Å². The van der Waals surface area contributed by atoms with Gasteiger partial charge >= 0.3 is 0 Å². The maximum atomic E-state index is 3.81. The Kier molecular flexibility index (Phi) is 4.14. The van der Waals surface area contributed by atoms with Gasteiger partial charge in [-0.3, -0.25) is 0 Å². The van der Waals surface area contributed by atoms with Gasteiger partial charge in [0, 0.05) is 12.1 Å². The zero-order valence-electron chi connectivity index (χ0n) is 12.1. The molecule has 0 aromatic carbocycles. The number of hydrogen-bond donors (Lipinski definition) is 1. The standard InChI is InChI=1S/C15H30N2/c1-12(2)17-8-5-6-14(7-9-17)16-11-13-10-15(13,3)4/h12-14,16H,5-11H2,1-4H3. The van der Waals surface area contributed by atoms with Crippen LogP contribution in [0.15, 0.2) is 0 Å². The Hall–Kier alpha value is -0.0800. The second-order valence-electron chi connectivity index (χ2n) is 7.06. The van der Waals surface area contributed by atoms with Crippen molar-refractivity contribution in [1.82, 2.24) is 10.2 Å². The maximum Gasteiger partial charge on any atom is 0.00798 e. The summed E-state index contributed by atoms with van der Waals surface area (Å²) in [6.07, 6.45) is 5.50. The Bertz CT molecular complexity index is 247. The molecule has 0 aromatic rings. The molecule has 1 N–H and O–H groups in total. The van der Waals surface area contributed by atoms with E-state index in [-0.39, 0.29) is 0 Å². The van der Waals surface area contributed by atoms with Gasteiger partial charge in [0.05, 0.1) is 0 Å². The molecule has 2 fully saturated rings. The molecular weight excluding hydrogens is 208 g/mol. The van der Waals surface area contributed by atoms with Gasteiger partial charge in [-0.1, -0.05) is 13.8 Å². The van der Waals surface area contributed by atoms with Crippen molar-refractivity contribution in [2.75, 3.05) is 19.6 Å². The number of hydrogen-bond acceptors (Lipinski definition) is 2. The lowest BCUT2D eigenvalue weighted by molar-refractivity contribution is 0.229. The van der Waals surface area contributed by atoms with Gasteiger partial charge in [-0.2, -0.15) is 0 Å². The highest BCUT2D eigenvalue weighted by atomic mass is 15.1. The Morgan fingerprint density at radius 3 is 2.53 bits per heavy atom. The zero-order chi connectivity index (χ0) is 12.5. The molecule has 2 heteroatoms. The van der Waals surface area contributed by atoms with Gasteiger partial charge in [-0.25, -0.2) is 0 Å². The fraction of sp³-hybridized carbons (Fsp3) is 1.00. The molecule has 17 heavy (non-hydrogen) atoms. The molecule has 1 aliphatic carbocycles. The molecule has 2 aliphatic rings. The third-order valence-corrected chi connectivity index (χ3v) is 4.86. The van der Waals surface area contributed by atoms with E-state index in [4.69, 9.17) is 0 Å². The lowest BCUT2D eigenvalue weighted by Crippen LogP contribution is -2.34. The zero-order valence-corrected chi connectivity index (χ0v) is 12.1. The first-order chi connectivity index (χ1) is 7.99. The SMILES string of the molecule is CC(C)N1CCCC(NCC2CC2(C)C)CC1. The lowest BCUT2D eigenvalue weighted by Gasteiger charge is -2.24. The summed E-state index contributed by atoms with van der Waals surface area (Å²) in [7, 11) is 0. The molecule has 0 spiro atoms. The molecule has 0 aromatic heterocycles. The summed E-state index contributed by atoms with van der Waals surface area (Å²) in [6.45, 7) is 13.3. The topological polar surface area (TPSA) is 15.3 Å². The van der Waals surface area contributed by atoms with Crippen LogP contribution in [0.3, 0.4) is 0 Å². The fourth-order valence-corrected chi connectivity index (χ4v) is 3.07. The Balaban J connectivity index is 1.68. The van der Waals surface area contributed by atoms with Gasteiger partial charge in [0.1, 0.15) is 0 Å². The van der Waals surface area contributed by atoms with E-state index in [0.29, 0.717) is 5.41 Å². The largest absolute Gasteiger partial charge is 0.314 e. The van der Waals surface area contributed by atoms with Crippen molar-refractivity contribution in [1.29, 1.82) is 0 Å². The molecule has 0 amide bonds. The Morgan fingerprint density at radius 1 is 1.24 bits per heavy atom. The highest BCUT2D eigenvalue weighted by Crippen LogP contribution is 2.51. The van der Waals surface area contributed by atoms with Crippen molar-refractivity contribution in [2.45, 2.75) is 65.5 Å². The van der Waals surface area contributed by atoms with E-state index in [2.05, 4.69) is 37.9 Å². The smallest absolute Gasteiger partial charge is 0.00798 e. The van der Waals surface area contributed by atoms with Crippen LogP contribution in [0.1, 0.15) is 53.4 Å². The second-order valence-corrected chi connectivity index (χ2v) is 7.06. The minimum Gasteiger partial charge on any atom is -0.314 e. The molecule has 1 saturated heterocycles. The van der Waals surface area contributed by atoms with Gasteiger partial charge in [0.2, 0.25) is 0 Å². The van der Waals surface area contributed by atoms with Crippen LogP contribution in [0.2, 0.25) is 0 Å². The minimum atomic E-state index is 0.627. The van der Waals surface area contributed by atoms with Crippen molar-refractivity contribution in [2.24, 2.45) is 11.3 Å². The predicted octanol–water partition coefficient (Wildman–Crippen LogP) is 2.89. The highest BCUT2D eigenvalue weighted by molar-refractivity contribution is 4.96. The van der Waals surface area contributed by atoms with Gasteiger partial charge in [0.25, 0.3) is 0 Å². The highest BCUT2D eigenvalue weighted by Gasteiger charge is 2.45.